The molecule has 0 spiro atoms. The maximum absolute atomic E-state index is 11.2. The van der Waals surface area contributed by atoms with Crippen molar-refractivity contribution in [3.05, 3.63) is 105 Å². The first-order valence-corrected chi connectivity index (χ1v) is 10.9. The van der Waals surface area contributed by atoms with Crippen LogP contribution in [0, 0.1) is 28.4 Å². The van der Waals surface area contributed by atoms with Gasteiger partial charge in [0.05, 0.1) is 34.0 Å². The third-order valence-electron chi connectivity index (χ3n) is 5.91. The van der Waals surface area contributed by atoms with Gasteiger partial charge in [-0.3, -0.25) is 20.1 Å². The van der Waals surface area contributed by atoms with E-state index >= 15 is 0 Å². The molecule has 1 aliphatic carbocycles. The first-order valence-electron chi connectivity index (χ1n) is 10.9. The van der Waals surface area contributed by atoms with E-state index in [1.165, 1.54) is 12.1 Å². The van der Waals surface area contributed by atoms with E-state index in [0.29, 0.717) is 22.8 Å². The Kier molecular flexibility index (Phi) is 5.48. The van der Waals surface area contributed by atoms with E-state index in [0.717, 1.165) is 52.8 Å². The summed E-state index contributed by atoms with van der Waals surface area (Å²) in [6, 6.07) is 14.5. The van der Waals surface area contributed by atoms with Crippen LogP contribution in [0.5, 0.6) is 5.75 Å². The largest absolute Gasteiger partial charge is 0.456 e. The Morgan fingerprint density at radius 3 is 2.68 bits per heavy atom. The molecular formula is C27H20N4O3. The molecule has 0 unspecified atom stereocenters. The van der Waals surface area contributed by atoms with Crippen molar-refractivity contribution in [1.82, 2.24) is 9.97 Å². The number of rotatable bonds is 4. The number of ether oxygens (including phenoxy) is 1. The number of nitro groups is 1. The predicted molar refractivity (Wildman–Crippen MR) is 128 cm³/mol. The van der Waals surface area contributed by atoms with Crippen LogP contribution < -0.4 is 4.74 Å². The highest BCUT2D eigenvalue weighted by atomic mass is 16.6. The zero-order valence-electron chi connectivity index (χ0n) is 18.5. The summed E-state index contributed by atoms with van der Waals surface area (Å²) in [5.74, 6) is 1.14. The summed E-state index contributed by atoms with van der Waals surface area (Å²) >= 11 is 0. The van der Waals surface area contributed by atoms with Crippen molar-refractivity contribution in [3.8, 4) is 23.2 Å². The first-order chi connectivity index (χ1) is 16.5. The van der Waals surface area contributed by atoms with Gasteiger partial charge in [-0.05, 0) is 90.9 Å². The normalized spacial score (nSPS) is 14.9. The molecule has 0 N–H and O–H groups in total. The minimum atomic E-state index is -0.434. The maximum Gasteiger partial charge on any atom is 0.273 e. The number of hydrogen-bond acceptors (Lipinski definition) is 6. The Hall–Kier alpha value is -4.57. The summed E-state index contributed by atoms with van der Waals surface area (Å²) in [5, 5.41) is 21.2. The van der Waals surface area contributed by atoms with Gasteiger partial charge in [0.1, 0.15) is 11.5 Å². The van der Waals surface area contributed by atoms with Crippen molar-refractivity contribution >= 4 is 17.3 Å². The second kappa shape index (κ2) is 8.75. The molecule has 7 nitrogen and oxygen atoms in total. The third kappa shape index (κ3) is 4.09. The highest BCUT2D eigenvalue weighted by molar-refractivity contribution is 5.81. The lowest BCUT2D eigenvalue weighted by Gasteiger charge is -2.26. The number of nitrogens with zero attached hydrogens (tertiary/aromatic N) is 4. The van der Waals surface area contributed by atoms with Crippen molar-refractivity contribution in [2.24, 2.45) is 0 Å². The number of fused-ring (bicyclic) bond motifs is 2. The number of nitro benzene ring substituents is 1. The van der Waals surface area contributed by atoms with Crippen molar-refractivity contribution in [3.63, 3.8) is 0 Å². The van der Waals surface area contributed by atoms with E-state index in [4.69, 9.17) is 4.74 Å². The van der Waals surface area contributed by atoms with Crippen molar-refractivity contribution in [2.75, 3.05) is 0 Å². The van der Waals surface area contributed by atoms with E-state index in [1.54, 1.807) is 24.5 Å². The Balaban J connectivity index is 1.55. The lowest BCUT2D eigenvalue weighted by molar-refractivity contribution is -0.384. The average molecular weight is 448 g/mol. The minimum Gasteiger partial charge on any atom is -0.456 e. The predicted octanol–water partition coefficient (Wildman–Crippen LogP) is 6.18. The number of aromatic nitrogens is 2. The molecule has 0 radical (unpaired) electrons. The summed E-state index contributed by atoms with van der Waals surface area (Å²) in [4.78, 5) is 19.6. The molecule has 1 aliphatic heterocycles. The van der Waals surface area contributed by atoms with E-state index < -0.39 is 4.92 Å². The number of benzene rings is 1. The van der Waals surface area contributed by atoms with Gasteiger partial charge in [0, 0.05) is 24.0 Å². The highest BCUT2D eigenvalue weighted by Gasteiger charge is 2.25. The first kappa shape index (κ1) is 21.3. The molecule has 0 saturated heterocycles. The van der Waals surface area contributed by atoms with Gasteiger partial charge in [0.2, 0.25) is 0 Å². The maximum atomic E-state index is 11.2. The van der Waals surface area contributed by atoms with Crippen LogP contribution in [0.15, 0.2) is 77.8 Å². The van der Waals surface area contributed by atoms with Crippen LogP contribution in [-0.2, 0) is 0 Å². The highest BCUT2D eigenvalue weighted by Crippen LogP contribution is 2.41. The number of allylic oxidation sites excluding steroid dienone is 4. The molecule has 0 fully saturated rings. The molecule has 3 heterocycles. The molecular weight excluding hydrogens is 428 g/mol. The summed E-state index contributed by atoms with van der Waals surface area (Å²) in [7, 11) is 0. The number of non-ortho nitro benzene ring substituents is 1. The van der Waals surface area contributed by atoms with E-state index in [2.05, 4.69) is 16.0 Å². The van der Waals surface area contributed by atoms with E-state index in [9.17, 15) is 15.4 Å². The minimum absolute atomic E-state index is 0.0177. The standard InChI is InChI=1S/C27H20N4O3/c1-17-7-9-29-24(11-17)25-14-18(8-10-30-25)22(16-28)13-21-4-2-3-20-12-19-5-6-23(31(32)33)15-26(19)34-27(20)21/h5-15H,2-4H2,1H3/b22-13+. The van der Waals surface area contributed by atoms with Crippen LogP contribution in [0.1, 0.15) is 36.0 Å². The lowest BCUT2D eigenvalue weighted by atomic mass is 9.88. The molecule has 0 amide bonds. The summed E-state index contributed by atoms with van der Waals surface area (Å²) < 4.78 is 6.16. The van der Waals surface area contributed by atoms with Crippen LogP contribution in [0.25, 0.3) is 23.0 Å². The number of pyridine rings is 2. The van der Waals surface area contributed by atoms with Crippen molar-refractivity contribution in [1.29, 1.82) is 5.26 Å². The van der Waals surface area contributed by atoms with Gasteiger partial charge in [-0.25, -0.2) is 0 Å². The molecule has 2 aromatic heterocycles. The fraction of sp³-hybridized carbons (Fsp3) is 0.148. The molecule has 166 valence electrons. The monoisotopic (exact) mass is 448 g/mol. The van der Waals surface area contributed by atoms with Gasteiger partial charge < -0.3 is 4.74 Å². The molecule has 5 rings (SSSR count). The number of aryl methyl sites for hydroxylation is 1. The van der Waals surface area contributed by atoms with Gasteiger partial charge >= 0.3 is 0 Å². The molecule has 0 bridgehead atoms. The van der Waals surface area contributed by atoms with Gasteiger partial charge in [-0.1, -0.05) is 0 Å². The van der Waals surface area contributed by atoms with Crippen LogP contribution in [-0.4, -0.2) is 14.9 Å². The third-order valence-corrected chi connectivity index (χ3v) is 5.91. The lowest BCUT2D eigenvalue weighted by Crippen LogP contribution is -2.12. The number of hydrogen-bond donors (Lipinski definition) is 0. The topological polar surface area (TPSA) is 102 Å². The van der Waals surface area contributed by atoms with Crippen LogP contribution in [0.3, 0.4) is 0 Å². The fourth-order valence-electron chi connectivity index (χ4n) is 4.22. The Bertz CT molecular complexity index is 1460. The fourth-order valence-corrected chi connectivity index (χ4v) is 4.22. The molecule has 3 aromatic rings. The average Bonchev–Trinajstić information content (AvgIpc) is 2.86. The van der Waals surface area contributed by atoms with Crippen LogP contribution in [0.2, 0.25) is 0 Å². The molecule has 0 atom stereocenters. The molecule has 34 heavy (non-hydrogen) atoms. The van der Waals surface area contributed by atoms with Crippen LogP contribution >= 0.6 is 0 Å². The zero-order valence-corrected chi connectivity index (χ0v) is 18.5. The van der Waals surface area contributed by atoms with Gasteiger partial charge in [-0.15, -0.1) is 0 Å². The van der Waals surface area contributed by atoms with Gasteiger partial charge in [0.15, 0.2) is 0 Å². The summed E-state index contributed by atoms with van der Waals surface area (Å²) in [6.07, 6.45) is 9.82. The van der Waals surface area contributed by atoms with E-state index in [-0.39, 0.29) is 5.69 Å². The summed E-state index contributed by atoms with van der Waals surface area (Å²) in [5.41, 5.74) is 6.50. The van der Waals surface area contributed by atoms with E-state index in [1.807, 2.05) is 37.3 Å². The molecule has 7 heteroatoms. The second-order valence-electron chi connectivity index (χ2n) is 8.28. The van der Waals surface area contributed by atoms with Crippen molar-refractivity contribution in [2.45, 2.75) is 26.2 Å². The SMILES string of the molecule is Cc1ccnc(-c2cc(/C(C#N)=C/C3=C4Oc5cc([N+](=O)[O-])ccc5C=C4CCC3)ccn2)c1. The Morgan fingerprint density at radius 2 is 1.91 bits per heavy atom. The smallest absolute Gasteiger partial charge is 0.273 e. The quantitative estimate of drug-likeness (QED) is 0.268. The van der Waals surface area contributed by atoms with Gasteiger partial charge in [0.25, 0.3) is 5.69 Å². The second-order valence-corrected chi connectivity index (χ2v) is 8.28. The van der Waals surface area contributed by atoms with Gasteiger partial charge in [-0.2, -0.15) is 5.26 Å². The number of nitriles is 1. The zero-order chi connectivity index (χ0) is 23.7. The Morgan fingerprint density at radius 1 is 1.12 bits per heavy atom. The van der Waals surface area contributed by atoms with Crippen LogP contribution in [0.4, 0.5) is 5.69 Å². The molecule has 0 saturated carbocycles. The Labute approximate surface area is 196 Å². The van der Waals surface area contributed by atoms with Crippen molar-refractivity contribution < 1.29 is 9.66 Å². The summed E-state index contributed by atoms with van der Waals surface area (Å²) in [6.45, 7) is 1.99. The molecule has 2 aliphatic rings. The molecule has 1 aromatic carbocycles.